The van der Waals surface area contributed by atoms with Crippen LogP contribution in [0, 0.1) is 6.92 Å². The molecule has 2 N–H and O–H groups in total. The number of hydrogen-bond donors (Lipinski definition) is 1. The molecule has 0 aliphatic carbocycles. The Morgan fingerprint density at radius 1 is 1.17 bits per heavy atom. The number of aryl methyl sites for hydroxylation is 1. The second-order valence-corrected chi connectivity index (χ2v) is 5.92. The second kappa shape index (κ2) is 6.37. The highest BCUT2D eigenvalue weighted by molar-refractivity contribution is 6.31. The molecular weight excluding hydrogens is 324 g/mol. The molecule has 3 rings (SSSR count). The number of halogens is 1. The Kier molecular flexibility index (Phi) is 4.27. The Labute approximate surface area is 145 Å². The van der Waals surface area contributed by atoms with Crippen molar-refractivity contribution in [2.24, 2.45) is 0 Å². The number of nitrogens with zero attached hydrogens (tertiary/aromatic N) is 3. The number of hydrogen-bond acceptors (Lipinski definition) is 3. The van der Waals surface area contributed by atoms with Crippen LogP contribution in [0.2, 0.25) is 5.02 Å². The van der Waals surface area contributed by atoms with E-state index in [1.165, 1.54) is 4.90 Å². The third-order valence-electron chi connectivity index (χ3n) is 3.71. The van der Waals surface area contributed by atoms with Crippen molar-refractivity contribution < 1.29 is 4.79 Å². The van der Waals surface area contributed by atoms with E-state index in [0.717, 1.165) is 11.4 Å². The molecule has 0 saturated heterocycles. The SMILES string of the molecule is Cc1cc(N(C)C(=O)c2ccc(Cl)cc2N)n(-c2ccccc2)n1. The fourth-order valence-corrected chi connectivity index (χ4v) is 2.68. The van der Waals surface area contributed by atoms with Crippen molar-refractivity contribution in [3.8, 4) is 5.69 Å². The molecule has 3 aromatic rings. The number of para-hydroxylation sites is 1. The first-order chi connectivity index (χ1) is 11.5. The molecule has 0 aliphatic heterocycles. The van der Waals surface area contributed by atoms with E-state index >= 15 is 0 Å². The number of nitrogens with two attached hydrogens (primary N) is 1. The average molecular weight is 341 g/mol. The van der Waals surface area contributed by atoms with Crippen LogP contribution in [0.1, 0.15) is 16.1 Å². The number of amides is 1. The monoisotopic (exact) mass is 340 g/mol. The van der Waals surface area contributed by atoms with Crippen LogP contribution in [0.4, 0.5) is 11.5 Å². The fourth-order valence-electron chi connectivity index (χ4n) is 2.50. The lowest BCUT2D eigenvalue weighted by atomic mass is 10.1. The Hall–Kier alpha value is -2.79. The van der Waals surface area contributed by atoms with Crippen molar-refractivity contribution in [1.29, 1.82) is 0 Å². The third-order valence-corrected chi connectivity index (χ3v) is 3.94. The van der Waals surface area contributed by atoms with Crippen molar-refractivity contribution >= 4 is 29.0 Å². The van der Waals surface area contributed by atoms with E-state index in [1.807, 2.05) is 43.3 Å². The van der Waals surface area contributed by atoms with E-state index in [9.17, 15) is 4.79 Å². The molecule has 1 heterocycles. The Bertz CT molecular complexity index is 889. The lowest BCUT2D eigenvalue weighted by Crippen LogP contribution is -2.29. The Morgan fingerprint density at radius 3 is 2.54 bits per heavy atom. The van der Waals surface area contributed by atoms with Crippen LogP contribution >= 0.6 is 11.6 Å². The number of carbonyl (C=O) groups is 1. The van der Waals surface area contributed by atoms with E-state index in [2.05, 4.69) is 5.10 Å². The molecule has 1 amide bonds. The summed E-state index contributed by atoms with van der Waals surface area (Å²) < 4.78 is 1.74. The van der Waals surface area contributed by atoms with Gasteiger partial charge in [0.15, 0.2) is 0 Å². The number of benzene rings is 2. The Balaban J connectivity index is 2.01. The van der Waals surface area contributed by atoms with Gasteiger partial charge in [-0.3, -0.25) is 9.69 Å². The molecule has 0 radical (unpaired) electrons. The van der Waals surface area contributed by atoms with E-state index in [4.69, 9.17) is 17.3 Å². The van der Waals surface area contributed by atoms with Crippen molar-refractivity contribution in [1.82, 2.24) is 9.78 Å². The van der Waals surface area contributed by atoms with Crippen molar-refractivity contribution in [2.45, 2.75) is 6.92 Å². The minimum absolute atomic E-state index is 0.221. The largest absolute Gasteiger partial charge is 0.398 e. The molecule has 24 heavy (non-hydrogen) atoms. The highest BCUT2D eigenvalue weighted by Gasteiger charge is 2.20. The number of aromatic nitrogens is 2. The van der Waals surface area contributed by atoms with Gasteiger partial charge in [-0.2, -0.15) is 5.10 Å². The lowest BCUT2D eigenvalue weighted by Gasteiger charge is -2.19. The molecule has 2 aromatic carbocycles. The van der Waals surface area contributed by atoms with Gasteiger partial charge in [-0.05, 0) is 37.3 Å². The van der Waals surface area contributed by atoms with E-state index in [-0.39, 0.29) is 5.91 Å². The molecule has 5 nitrogen and oxygen atoms in total. The van der Waals surface area contributed by atoms with Gasteiger partial charge >= 0.3 is 0 Å². The summed E-state index contributed by atoms with van der Waals surface area (Å²) >= 11 is 5.91. The van der Waals surface area contributed by atoms with E-state index in [1.54, 1.807) is 29.9 Å². The van der Waals surface area contributed by atoms with Gasteiger partial charge in [0.2, 0.25) is 0 Å². The first-order valence-corrected chi connectivity index (χ1v) is 7.80. The average Bonchev–Trinajstić information content (AvgIpc) is 2.96. The molecule has 0 aliphatic rings. The molecule has 0 spiro atoms. The summed E-state index contributed by atoms with van der Waals surface area (Å²) in [7, 11) is 1.70. The normalized spacial score (nSPS) is 10.6. The Morgan fingerprint density at radius 2 is 1.88 bits per heavy atom. The zero-order valence-electron chi connectivity index (χ0n) is 13.4. The summed E-state index contributed by atoms with van der Waals surface area (Å²) in [6.07, 6.45) is 0. The summed E-state index contributed by atoms with van der Waals surface area (Å²) in [5.74, 6) is 0.444. The van der Waals surface area contributed by atoms with E-state index < -0.39 is 0 Å². The fraction of sp³-hybridized carbons (Fsp3) is 0.111. The molecule has 0 unspecified atom stereocenters. The predicted octanol–water partition coefficient (Wildman–Crippen LogP) is 3.69. The summed E-state index contributed by atoms with van der Waals surface area (Å²) in [5, 5.41) is 4.98. The summed E-state index contributed by atoms with van der Waals surface area (Å²) in [5.41, 5.74) is 8.39. The van der Waals surface area contributed by atoms with E-state index in [0.29, 0.717) is 22.1 Å². The maximum absolute atomic E-state index is 12.8. The van der Waals surface area contributed by atoms with Gasteiger partial charge in [-0.15, -0.1) is 0 Å². The van der Waals surface area contributed by atoms with Gasteiger partial charge in [-0.25, -0.2) is 4.68 Å². The van der Waals surface area contributed by atoms with Crippen LogP contribution in [0.25, 0.3) is 5.69 Å². The highest BCUT2D eigenvalue weighted by Crippen LogP contribution is 2.24. The molecular formula is C18H17ClN4O. The van der Waals surface area contributed by atoms with Crippen molar-refractivity contribution in [2.75, 3.05) is 17.7 Å². The summed E-state index contributed by atoms with van der Waals surface area (Å²) in [6.45, 7) is 1.89. The minimum Gasteiger partial charge on any atom is -0.398 e. The molecule has 1 aromatic heterocycles. The molecule has 0 atom stereocenters. The van der Waals surface area contributed by atoms with Crippen LogP contribution in [-0.2, 0) is 0 Å². The van der Waals surface area contributed by atoms with Gasteiger partial charge < -0.3 is 5.73 Å². The van der Waals surface area contributed by atoms with Gasteiger partial charge in [0.25, 0.3) is 5.91 Å². The topological polar surface area (TPSA) is 64.2 Å². The van der Waals surface area contributed by atoms with Gasteiger partial charge in [0, 0.05) is 23.8 Å². The smallest absolute Gasteiger partial charge is 0.261 e. The number of rotatable bonds is 3. The first-order valence-electron chi connectivity index (χ1n) is 7.42. The second-order valence-electron chi connectivity index (χ2n) is 5.49. The quantitative estimate of drug-likeness (QED) is 0.739. The number of nitrogen functional groups attached to an aromatic ring is 1. The third kappa shape index (κ3) is 2.98. The van der Waals surface area contributed by atoms with Crippen molar-refractivity contribution in [3.63, 3.8) is 0 Å². The van der Waals surface area contributed by atoms with Gasteiger partial charge in [0.1, 0.15) is 5.82 Å². The minimum atomic E-state index is -0.221. The van der Waals surface area contributed by atoms with Gasteiger partial charge in [-0.1, -0.05) is 29.8 Å². The van der Waals surface area contributed by atoms with Crippen LogP contribution in [0.3, 0.4) is 0 Å². The zero-order valence-corrected chi connectivity index (χ0v) is 14.2. The number of anilines is 2. The number of carbonyl (C=O) groups excluding carboxylic acids is 1. The summed E-state index contributed by atoms with van der Waals surface area (Å²) in [6, 6.07) is 16.4. The lowest BCUT2D eigenvalue weighted by molar-refractivity contribution is 0.0992. The maximum Gasteiger partial charge on any atom is 0.261 e. The zero-order chi connectivity index (χ0) is 17.3. The van der Waals surface area contributed by atoms with Gasteiger partial charge in [0.05, 0.1) is 16.9 Å². The predicted molar refractivity (Wildman–Crippen MR) is 96.9 cm³/mol. The summed E-state index contributed by atoms with van der Waals surface area (Å²) in [4.78, 5) is 14.4. The highest BCUT2D eigenvalue weighted by atomic mass is 35.5. The maximum atomic E-state index is 12.8. The van der Waals surface area contributed by atoms with Crippen LogP contribution in [0.5, 0.6) is 0 Å². The standard InChI is InChI=1S/C18H17ClN4O/c1-12-10-17(23(21-12)14-6-4-3-5-7-14)22(2)18(24)15-9-8-13(19)11-16(15)20/h3-11H,20H2,1-2H3. The van der Waals surface area contributed by atoms with Crippen LogP contribution in [-0.4, -0.2) is 22.7 Å². The molecule has 6 heteroatoms. The molecule has 0 saturated carbocycles. The molecule has 0 bridgehead atoms. The first kappa shape index (κ1) is 16.1. The van der Waals surface area contributed by atoms with Crippen LogP contribution < -0.4 is 10.6 Å². The van der Waals surface area contributed by atoms with Crippen LogP contribution in [0.15, 0.2) is 54.6 Å². The molecule has 122 valence electrons. The van der Waals surface area contributed by atoms with Crippen molar-refractivity contribution in [3.05, 3.63) is 70.9 Å². The molecule has 0 fully saturated rings.